The van der Waals surface area contributed by atoms with Crippen molar-refractivity contribution >= 4 is 17.8 Å². The molecule has 3 saturated carbocycles. The van der Waals surface area contributed by atoms with E-state index in [1.807, 2.05) is 58.0 Å². The summed E-state index contributed by atoms with van der Waals surface area (Å²) in [5, 5.41) is 47.3. The molecule has 4 N–H and O–H groups in total. The van der Waals surface area contributed by atoms with E-state index in [4.69, 9.17) is 61.6 Å². The molecule has 0 aromatic heterocycles. The number of carbonyl (C=O) groups excluding carboxylic acids is 2. The van der Waals surface area contributed by atoms with Crippen LogP contribution in [0.3, 0.4) is 0 Å². The van der Waals surface area contributed by atoms with Crippen molar-refractivity contribution in [3.05, 3.63) is 53.6 Å². The lowest BCUT2D eigenvalue weighted by molar-refractivity contribution is -0.355. The standard InChI is InChI=1S/C58H86O19/c1-30(59)38-21-24-58(64)56(38,7)43(74-44(60)18-17-35-15-13-12-14-16-35)29-42-55(6)22-20-37(25-36(55)19-23-57(42,58)63)73-45-26-39(65-8)50(32(3)69-45)75-46-27-40(66-9)51(33(4)70-46)76-47-28-41(67-10)52(34(5)71-47)77-54-49(62)53(68-11)48(61)31(2)72-54/h12-19,31-34,37-43,45-54,61-64H,20-29H2,1-11H3/t31-,32+,33+,34+,37+,38+,39+,40+,41+,42+,43-,45-,46-,47-,48-,49-,50+,51+,52+,53-,54+,55-,56-,57+,58-/m0/s1. The van der Waals surface area contributed by atoms with Gasteiger partial charge in [0.2, 0.25) is 0 Å². The van der Waals surface area contributed by atoms with Crippen LogP contribution in [0.4, 0.5) is 0 Å². The normalized spacial score (nSPS) is 48.1. The van der Waals surface area contributed by atoms with E-state index in [0.717, 1.165) is 11.1 Å². The molecule has 19 nitrogen and oxygen atoms in total. The Labute approximate surface area is 453 Å². The van der Waals surface area contributed by atoms with Gasteiger partial charge in [0.25, 0.3) is 0 Å². The van der Waals surface area contributed by atoms with E-state index in [-0.39, 0.29) is 24.7 Å². The Kier molecular flexibility index (Phi) is 18.0. The van der Waals surface area contributed by atoms with Crippen molar-refractivity contribution < 1.29 is 91.6 Å². The van der Waals surface area contributed by atoms with Gasteiger partial charge in [0.05, 0.1) is 48.8 Å². The largest absolute Gasteiger partial charge is 0.458 e. The van der Waals surface area contributed by atoms with Gasteiger partial charge in [-0.2, -0.15) is 0 Å². The molecule has 432 valence electrons. The molecular weight excluding hydrogens is 1000 g/mol. The predicted octanol–water partition coefficient (Wildman–Crippen LogP) is 5.09. The number of ketones is 1. The number of aliphatic hydroxyl groups is 4. The van der Waals surface area contributed by atoms with Crippen molar-refractivity contribution in [1.29, 1.82) is 0 Å². The molecule has 1 aromatic rings. The maximum absolute atomic E-state index is 13.6. The van der Waals surface area contributed by atoms with Crippen LogP contribution in [0.2, 0.25) is 0 Å². The van der Waals surface area contributed by atoms with Gasteiger partial charge in [0.1, 0.15) is 59.7 Å². The molecule has 4 saturated heterocycles. The number of aliphatic hydroxyl groups excluding tert-OH is 2. The highest BCUT2D eigenvalue weighted by atomic mass is 16.8. The van der Waals surface area contributed by atoms with Gasteiger partial charge >= 0.3 is 5.97 Å². The van der Waals surface area contributed by atoms with Gasteiger partial charge in [-0.15, -0.1) is 0 Å². The van der Waals surface area contributed by atoms with E-state index in [2.05, 4.69) is 13.0 Å². The molecule has 4 aliphatic heterocycles. The van der Waals surface area contributed by atoms with Crippen LogP contribution in [0.15, 0.2) is 48.1 Å². The summed E-state index contributed by atoms with van der Waals surface area (Å²) in [5.41, 5.74) is -3.04. The average molecular weight is 1090 g/mol. The molecule has 7 fully saturated rings. The number of hydrogen-bond acceptors (Lipinski definition) is 19. The predicted molar refractivity (Wildman–Crippen MR) is 275 cm³/mol. The van der Waals surface area contributed by atoms with Crippen molar-refractivity contribution in [2.75, 3.05) is 28.4 Å². The maximum Gasteiger partial charge on any atom is 0.331 e. The van der Waals surface area contributed by atoms with E-state index in [1.54, 1.807) is 34.3 Å². The van der Waals surface area contributed by atoms with Crippen molar-refractivity contribution in [3.63, 3.8) is 0 Å². The first kappa shape index (κ1) is 58.8. The number of methoxy groups -OCH3 is 4. The van der Waals surface area contributed by atoms with Gasteiger partial charge in [0.15, 0.2) is 25.2 Å². The lowest BCUT2D eigenvalue weighted by Gasteiger charge is -2.66. The third-order valence-electron chi connectivity index (χ3n) is 19.5. The molecule has 0 unspecified atom stereocenters. The molecule has 9 rings (SSSR count). The van der Waals surface area contributed by atoms with Crippen LogP contribution in [-0.4, -0.2) is 189 Å². The molecule has 25 atom stereocenters. The quantitative estimate of drug-likeness (QED) is 0.0959. The summed E-state index contributed by atoms with van der Waals surface area (Å²) < 4.78 is 81.2. The van der Waals surface area contributed by atoms with Crippen LogP contribution in [0.1, 0.15) is 118 Å². The monoisotopic (exact) mass is 1090 g/mol. The van der Waals surface area contributed by atoms with Crippen LogP contribution < -0.4 is 0 Å². The molecule has 4 aliphatic carbocycles. The highest BCUT2D eigenvalue weighted by molar-refractivity contribution is 5.87. The van der Waals surface area contributed by atoms with Crippen LogP contribution in [0.25, 0.3) is 6.08 Å². The van der Waals surface area contributed by atoms with Crippen molar-refractivity contribution in [2.24, 2.45) is 22.7 Å². The van der Waals surface area contributed by atoms with Gasteiger partial charge in [-0.05, 0) is 96.6 Å². The number of fused-ring (bicyclic) bond motifs is 5. The van der Waals surface area contributed by atoms with Crippen molar-refractivity contribution in [1.82, 2.24) is 0 Å². The Bertz CT molecular complexity index is 2250. The van der Waals surface area contributed by atoms with E-state index < -0.39 is 150 Å². The fraction of sp³-hybridized carbons (Fsp3) is 0.793. The van der Waals surface area contributed by atoms with Crippen molar-refractivity contribution in [3.8, 4) is 0 Å². The minimum absolute atomic E-state index is 0.0917. The molecule has 8 aliphatic rings. The van der Waals surface area contributed by atoms with Crippen molar-refractivity contribution in [2.45, 2.75) is 241 Å². The Balaban J connectivity index is 0.802. The molecule has 77 heavy (non-hydrogen) atoms. The number of Topliss-reactive ketones (excluding diaryl/α,β-unsaturated/α-hetero) is 1. The average Bonchev–Trinajstić information content (AvgIpc) is 3.87. The van der Waals surface area contributed by atoms with Gasteiger partial charge in [0, 0.05) is 71.0 Å². The van der Waals surface area contributed by atoms with Gasteiger partial charge in [-0.3, -0.25) is 4.79 Å². The lowest BCUT2D eigenvalue weighted by atomic mass is 9.43. The minimum atomic E-state index is -1.69. The molecule has 0 bridgehead atoms. The summed E-state index contributed by atoms with van der Waals surface area (Å²) in [6, 6.07) is 9.46. The number of hydrogen-bond donors (Lipinski definition) is 4. The van der Waals surface area contributed by atoms with Gasteiger partial charge in [-0.25, -0.2) is 4.79 Å². The summed E-state index contributed by atoms with van der Waals surface area (Å²) in [4.78, 5) is 26.9. The second kappa shape index (κ2) is 23.6. The number of esters is 1. The molecule has 19 heteroatoms. The summed E-state index contributed by atoms with van der Waals surface area (Å²) in [5.74, 6) is -1.71. The van der Waals surface area contributed by atoms with Crippen LogP contribution in [0, 0.1) is 22.7 Å². The Morgan fingerprint density at radius 2 is 1.22 bits per heavy atom. The number of rotatable bonds is 16. The molecule has 4 heterocycles. The third-order valence-corrected chi connectivity index (χ3v) is 19.5. The summed E-state index contributed by atoms with van der Waals surface area (Å²) in [6.45, 7) is 12.9. The summed E-state index contributed by atoms with van der Waals surface area (Å²) in [6.07, 6.45) is -3.10. The Morgan fingerprint density at radius 3 is 1.77 bits per heavy atom. The topological polar surface area (TPSA) is 235 Å². The summed E-state index contributed by atoms with van der Waals surface area (Å²) >= 11 is 0. The third kappa shape index (κ3) is 10.9. The fourth-order valence-corrected chi connectivity index (χ4v) is 15.1. The number of carbonyl (C=O) groups is 2. The zero-order valence-electron chi connectivity index (χ0n) is 46.7. The van der Waals surface area contributed by atoms with E-state index in [1.165, 1.54) is 20.1 Å². The first-order chi connectivity index (χ1) is 36.6. The molecule has 0 spiro atoms. The van der Waals surface area contributed by atoms with Gasteiger partial charge in [-0.1, -0.05) is 55.8 Å². The number of ether oxygens (including phenoxy) is 13. The second-order valence-electron chi connectivity index (χ2n) is 23.6. The molecule has 0 amide bonds. The maximum atomic E-state index is 13.6. The molecular formula is C58H86O19. The smallest absolute Gasteiger partial charge is 0.331 e. The van der Waals surface area contributed by atoms with Crippen LogP contribution >= 0.6 is 0 Å². The molecule has 0 radical (unpaired) electrons. The van der Waals surface area contributed by atoms with Crippen LogP contribution in [-0.2, 0) is 71.2 Å². The number of benzene rings is 1. The minimum Gasteiger partial charge on any atom is -0.458 e. The second-order valence-corrected chi connectivity index (χ2v) is 23.6. The lowest BCUT2D eigenvalue weighted by Crippen LogP contribution is -2.75. The highest BCUT2D eigenvalue weighted by Crippen LogP contribution is 2.70. The van der Waals surface area contributed by atoms with E-state index in [9.17, 15) is 30.0 Å². The van der Waals surface area contributed by atoms with Gasteiger partial charge < -0.3 is 82.0 Å². The SMILES string of the molecule is CO[C@@H]1[C@H](O)[C@@H](O[C@@H]2[C@@H](C)O[C@@H](O[C@@H]3[C@@H](C)O[C@@H](O[C@@H]4[C@@H](C)O[C@@H](O[C@@H]5CC[C@@]6(C)C(=CC[C@@]7(O)[C@@H]6C[C@H](OC(=O)C=Cc6ccccc6)[C@]6(C)[C@@H](C(C)=O)CC[C@]67O)C5)C[C@H]4OC)C[C@H]3OC)C[C@H]2OC)O[C@@H](C)[C@@H]1O. The fourth-order valence-electron chi connectivity index (χ4n) is 15.1. The molecule has 1 aromatic carbocycles. The van der Waals surface area contributed by atoms with Crippen LogP contribution in [0.5, 0.6) is 0 Å². The zero-order valence-corrected chi connectivity index (χ0v) is 46.7. The van der Waals surface area contributed by atoms with E-state index >= 15 is 0 Å². The first-order valence-corrected chi connectivity index (χ1v) is 27.9. The Hall–Kier alpha value is -2.80. The summed E-state index contributed by atoms with van der Waals surface area (Å²) in [7, 11) is 6.27. The first-order valence-electron chi connectivity index (χ1n) is 27.9. The highest BCUT2D eigenvalue weighted by Gasteiger charge is 2.77. The van der Waals surface area contributed by atoms with E-state index in [0.29, 0.717) is 51.4 Å². The Morgan fingerprint density at radius 1 is 0.662 bits per heavy atom. The zero-order chi connectivity index (χ0) is 55.4.